The Balaban J connectivity index is 1.53. The Kier molecular flexibility index (Phi) is 3.84. The second-order valence-electron chi connectivity index (χ2n) is 6.20. The number of amides is 2. The minimum atomic E-state index is -0.493. The molecule has 2 N–H and O–H groups in total. The first-order valence-electron chi connectivity index (χ1n) is 7.95. The summed E-state index contributed by atoms with van der Waals surface area (Å²) in [5.41, 5.74) is 1.94. The normalized spacial score (nSPS) is 21.4. The molecule has 2 aliphatic rings. The van der Waals surface area contributed by atoms with Crippen molar-refractivity contribution in [1.29, 1.82) is 0 Å². The SMILES string of the molecule is O=C(NC1CC2C(=O)Nc3ccccc3N2C1)c1ccc(F)cc1Cl. The average Bonchev–Trinajstić information content (AvgIpc) is 2.99. The fraction of sp³-hybridized carbons (Fsp3) is 0.222. The lowest BCUT2D eigenvalue weighted by molar-refractivity contribution is -0.117. The lowest BCUT2D eigenvalue weighted by atomic mass is 10.1. The number of carbonyl (C=O) groups excluding carboxylic acids is 2. The zero-order valence-electron chi connectivity index (χ0n) is 13.1. The number of benzene rings is 2. The van der Waals surface area contributed by atoms with Crippen molar-refractivity contribution in [2.24, 2.45) is 0 Å². The molecule has 7 heteroatoms. The topological polar surface area (TPSA) is 61.4 Å². The minimum absolute atomic E-state index is 0.0660. The maximum atomic E-state index is 13.1. The van der Waals surface area contributed by atoms with E-state index in [1.165, 1.54) is 12.1 Å². The highest BCUT2D eigenvalue weighted by Gasteiger charge is 2.41. The molecule has 0 aromatic heterocycles. The summed E-state index contributed by atoms with van der Waals surface area (Å²) in [4.78, 5) is 26.7. The molecule has 0 saturated carbocycles. The van der Waals surface area contributed by atoms with E-state index in [4.69, 9.17) is 11.6 Å². The molecule has 0 bridgehead atoms. The van der Waals surface area contributed by atoms with Crippen LogP contribution in [-0.4, -0.2) is 30.4 Å². The number of nitrogens with zero attached hydrogens (tertiary/aromatic N) is 1. The third kappa shape index (κ3) is 2.82. The molecule has 4 rings (SSSR count). The molecule has 2 unspecified atom stereocenters. The van der Waals surface area contributed by atoms with Crippen molar-refractivity contribution in [1.82, 2.24) is 5.32 Å². The van der Waals surface area contributed by atoms with Crippen LogP contribution in [0.5, 0.6) is 0 Å². The molecular formula is C18H15ClFN3O2. The van der Waals surface area contributed by atoms with Crippen LogP contribution in [0.4, 0.5) is 15.8 Å². The summed E-state index contributed by atoms with van der Waals surface area (Å²) in [5.74, 6) is -0.938. The van der Waals surface area contributed by atoms with Crippen LogP contribution in [0.2, 0.25) is 5.02 Å². The van der Waals surface area contributed by atoms with E-state index in [1.54, 1.807) is 0 Å². The molecule has 5 nitrogen and oxygen atoms in total. The van der Waals surface area contributed by atoms with Gasteiger partial charge < -0.3 is 15.5 Å². The summed E-state index contributed by atoms with van der Waals surface area (Å²) in [6.07, 6.45) is 0.505. The molecule has 2 aromatic carbocycles. The summed E-state index contributed by atoms with van der Waals surface area (Å²) in [6.45, 7) is 0.527. The van der Waals surface area contributed by atoms with Gasteiger partial charge in [-0.15, -0.1) is 0 Å². The first-order chi connectivity index (χ1) is 12.0. The number of nitrogens with one attached hydrogen (secondary N) is 2. The van der Waals surface area contributed by atoms with E-state index in [-0.39, 0.29) is 34.5 Å². The van der Waals surface area contributed by atoms with Gasteiger partial charge in [0.1, 0.15) is 11.9 Å². The molecule has 0 aliphatic carbocycles. The van der Waals surface area contributed by atoms with Crippen LogP contribution in [0, 0.1) is 5.82 Å². The van der Waals surface area contributed by atoms with Gasteiger partial charge in [-0.3, -0.25) is 9.59 Å². The summed E-state index contributed by atoms with van der Waals surface area (Å²) < 4.78 is 13.1. The number of rotatable bonds is 2. The zero-order chi connectivity index (χ0) is 17.6. The van der Waals surface area contributed by atoms with E-state index in [2.05, 4.69) is 10.6 Å². The van der Waals surface area contributed by atoms with Crippen molar-refractivity contribution in [3.05, 3.63) is 58.9 Å². The van der Waals surface area contributed by atoms with Gasteiger partial charge in [-0.2, -0.15) is 0 Å². The van der Waals surface area contributed by atoms with Crippen LogP contribution in [-0.2, 0) is 4.79 Å². The van der Waals surface area contributed by atoms with Crippen molar-refractivity contribution < 1.29 is 14.0 Å². The Hall–Kier alpha value is -2.60. The molecule has 2 aromatic rings. The molecule has 1 fully saturated rings. The van der Waals surface area contributed by atoms with E-state index in [0.29, 0.717) is 13.0 Å². The fourth-order valence-electron chi connectivity index (χ4n) is 3.44. The average molecular weight is 360 g/mol. The highest BCUT2D eigenvalue weighted by Crippen LogP contribution is 2.36. The Bertz CT molecular complexity index is 873. The number of halogens is 2. The van der Waals surface area contributed by atoms with Gasteiger partial charge in [-0.1, -0.05) is 23.7 Å². The van der Waals surface area contributed by atoms with Gasteiger partial charge in [0.05, 0.1) is 22.0 Å². The van der Waals surface area contributed by atoms with Crippen molar-refractivity contribution in [3.8, 4) is 0 Å². The summed E-state index contributed by atoms with van der Waals surface area (Å²) in [7, 11) is 0. The molecule has 2 amide bonds. The van der Waals surface area contributed by atoms with Gasteiger partial charge in [0, 0.05) is 12.6 Å². The number of para-hydroxylation sites is 2. The smallest absolute Gasteiger partial charge is 0.253 e. The molecule has 2 atom stereocenters. The third-order valence-corrected chi connectivity index (χ3v) is 4.90. The molecule has 2 heterocycles. The van der Waals surface area contributed by atoms with E-state index < -0.39 is 5.82 Å². The van der Waals surface area contributed by atoms with Gasteiger partial charge in [-0.05, 0) is 36.8 Å². The molecule has 1 saturated heterocycles. The third-order valence-electron chi connectivity index (χ3n) is 4.59. The predicted octanol–water partition coefficient (Wildman–Crippen LogP) is 2.81. The maximum Gasteiger partial charge on any atom is 0.253 e. The Labute approximate surface area is 148 Å². The monoisotopic (exact) mass is 359 g/mol. The van der Waals surface area contributed by atoms with Crippen LogP contribution >= 0.6 is 11.6 Å². The number of hydrogen-bond donors (Lipinski definition) is 2. The lowest BCUT2D eigenvalue weighted by Gasteiger charge is -2.32. The Morgan fingerprint density at radius 2 is 2.08 bits per heavy atom. The van der Waals surface area contributed by atoms with Gasteiger partial charge in [0.25, 0.3) is 5.91 Å². The van der Waals surface area contributed by atoms with Crippen LogP contribution in [0.1, 0.15) is 16.8 Å². The Morgan fingerprint density at radius 3 is 2.88 bits per heavy atom. The first kappa shape index (κ1) is 15.9. The zero-order valence-corrected chi connectivity index (χ0v) is 13.9. The van der Waals surface area contributed by atoms with Crippen LogP contribution < -0.4 is 15.5 Å². The van der Waals surface area contributed by atoms with Crippen molar-refractivity contribution in [2.75, 3.05) is 16.8 Å². The first-order valence-corrected chi connectivity index (χ1v) is 8.33. The molecule has 25 heavy (non-hydrogen) atoms. The number of fused-ring (bicyclic) bond motifs is 3. The van der Waals surface area contributed by atoms with Crippen molar-refractivity contribution >= 4 is 34.8 Å². The quantitative estimate of drug-likeness (QED) is 0.866. The molecule has 128 valence electrons. The number of hydrogen-bond acceptors (Lipinski definition) is 3. The van der Waals surface area contributed by atoms with Gasteiger partial charge >= 0.3 is 0 Å². The van der Waals surface area contributed by atoms with Crippen LogP contribution in [0.3, 0.4) is 0 Å². The second kappa shape index (κ2) is 6.04. The maximum absolute atomic E-state index is 13.1. The van der Waals surface area contributed by atoms with E-state index in [0.717, 1.165) is 17.4 Å². The lowest BCUT2D eigenvalue weighted by Crippen LogP contribution is -2.44. The van der Waals surface area contributed by atoms with E-state index >= 15 is 0 Å². The van der Waals surface area contributed by atoms with Crippen LogP contribution in [0.15, 0.2) is 42.5 Å². The van der Waals surface area contributed by atoms with Crippen molar-refractivity contribution in [3.63, 3.8) is 0 Å². The van der Waals surface area contributed by atoms with E-state index in [1.807, 2.05) is 29.2 Å². The molecule has 2 aliphatic heterocycles. The molecular weight excluding hydrogens is 345 g/mol. The van der Waals surface area contributed by atoms with E-state index in [9.17, 15) is 14.0 Å². The standard InChI is InChI=1S/C18H15ClFN3O2/c19-13-7-10(20)5-6-12(13)17(24)21-11-8-16-18(25)22-14-3-1-2-4-15(14)23(16)9-11/h1-7,11,16H,8-9H2,(H,21,24)(H,22,25). The second-order valence-corrected chi connectivity index (χ2v) is 6.61. The molecule has 0 spiro atoms. The summed E-state index contributed by atoms with van der Waals surface area (Å²) >= 11 is 5.95. The largest absolute Gasteiger partial charge is 0.356 e. The minimum Gasteiger partial charge on any atom is -0.356 e. The van der Waals surface area contributed by atoms with Crippen LogP contribution in [0.25, 0.3) is 0 Å². The van der Waals surface area contributed by atoms with Gasteiger partial charge in [0.15, 0.2) is 0 Å². The number of carbonyl (C=O) groups is 2. The van der Waals surface area contributed by atoms with Gasteiger partial charge in [0.2, 0.25) is 5.91 Å². The number of anilines is 2. The highest BCUT2D eigenvalue weighted by atomic mass is 35.5. The highest BCUT2D eigenvalue weighted by molar-refractivity contribution is 6.33. The van der Waals surface area contributed by atoms with Crippen molar-refractivity contribution in [2.45, 2.75) is 18.5 Å². The van der Waals surface area contributed by atoms with Gasteiger partial charge in [-0.25, -0.2) is 4.39 Å². The molecule has 0 radical (unpaired) electrons. The fourth-order valence-corrected chi connectivity index (χ4v) is 3.69. The summed E-state index contributed by atoms with van der Waals surface area (Å²) in [6, 6.07) is 10.7. The predicted molar refractivity (Wildman–Crippen MR) is 93.5 cm³/mol. The Morgan fingerprint density at radius 1 is 1.28 bits per heavy atom. The summed E-state index contributed by atoms with van der Waals surface area (Å²) in [5, 5.41) is 5.86.